The Morgan fingerprint density at radius 2 is 1.93 bits per heavy atom. The second kappa shape index (κ2) is 9.29. The number of likely N-dealkylation sites (tertiary alicyclic amines) is 1. The highest BCUT2D eigenvalue weighted by Gasteiger charge is 2.28. The van der Waals surface area contributed by atoms with E-state index in [1.54, 1.807) is 0 Å². The minimum absolute atomic E-state index is 0.156. The molecule has 6 nitrogen and oxygen atoms in total. The van der Waals surface area contributed by atoms with Crippen LogP contribution in [0.5, 0.6) is 0 Å². The molecule has 1 aromatic heterocycles. The van der Waals surface area contributed by atoms with Gasteiger partial charge in [-0.3, -0.25) is 0 Å². The number of piperidine rings is 1. The van der Waals surface area contributed by atoms with Gasteiger partial charge >= 0.3 is 6.03 Å². The van der Waals surface area contributed by atoms with Gasteiger partial charge in [0.05, 0.1) is 0 Å². The second-order valence-electron chi connectivity index (χ2n) is 8.99. The van der Waals surface area contributed by atoms with E-state index in [1.807, 2.05) is 6.20 Å². The number of nitrogens with zero attached hydrogens (tertiary/aromatic N) is 3. The van der Waals surface area contributed by atoms with Crippen LogP contribution in [-0.4, -0.2) is 52.8 Å². The van der Waals surface area contributed by atoms with E-state index in [4.69, 9.17) is 9.72 Å². The van der Waals surface area contributed by atoms with E-state index in [1.165, 1.54) is 37.2 Å². The Labute approximate surface area is 169 Å². The van der Waals surface area contributed by atoms with E-state index >= 15 is 0 Å². The fourth-order valence-electron chi connectivity index (χ4n) is 5.17. The molecule has 2 saturated heterocycles. The van der Waals surface area contributed by atoms with Crippen molar-refractivity contribution in [2.24, 2.45) is 5.92 Å². The molecule has 2 aliphatic heterocycles. The van der Waals surface area contributed by atoms with Crippen LogP contribution in [0.25, 0.3) is 0 Å². The van der Waals surface area contributed by atoms with Crippen molar-refractivity contribution in [3.8, 4) is 0 Å². The molecule has 6 heteroatoms. The molecule has 4 rings (SSSR count). The summed E-state index contributed by atoms with van der Waals surface area (Å²) in [4.78, 5) is 19.6. The maximum atomic E-state index is 12.8. The summed E-state index contributed by atoms with van der Waals surface area (Å²) in [6, 6.07) is 0.543. The summed E-state index contributed by atoms with van der Waals surface area (Å²) in [5.41, 5.74) is 1.24. The van der Waals surface area contributed by atoms with Crippen molar-refractivity contribution in [3.05, 3.63) is 17.7 Å². The molecule has 1 aromatic rings. The van der Waals surface area contributed by atoms with E-state index in [9.17, 15) is 4.79 Å². The zero-order valence-corrected chi connectivity index (χ0v) is 17.4. The van der Waals surface area contributed by atoms with Gasteiger partial charge in [-0.05, 0) is 51.4 Å². The van der Waals surface area contributed by atoms with Crippen LogP contribution >= 0.6 is 0 Å². The predicted molar refractivity (Wildman–Crippen MR) is 109 cm³/mol. The molecule has 0 bridgehead atoms. The maximum absolute atomic E-state index is 12.8. The first kappa shape index (κ1) is 19.7. The van der Waals surface area contributed by atoms with Gasteiger partial charge in [-0.15, -0.1) is 0 Å². The monoisotopic (exact) mass is 388 g/mol. The van der Waals surface area contributed by atoms with E-state index in [0.29, 0.717) is 17.9 Å². The Morgan fingerprint density at radius 3 is 2.71 bits per heavy atom. The van der Waals surface area contributed by atoms with Gasteiger partial charge in [0, 0.05) is 56.7 Å². The lowest BCUT2D eigenvalue weighted by Gasteiger charge is -2.35. The molecule has 28 heavy (non-hydrogen) atoms. The third-order valence-electron chi connectivity index (χ3n) is 6.85. The molecule has 0 spiro atoms. The number of aryl methyl sites for hydroxylation is 1. The number of rotatable bonds is 4. The Bertz CT molecular complexity index is 647. The smallest absolute Gasteiger partial charge is 0.317 e. The summed E-state index contributed by atoms with van der Waals surface area (Å²) >= 11 is 0. The van der Waals surface area contributed by atoms with Gasteiger partial charge in [0.25, 0.3) is 0 Å². The minimum atomic E-state index is 0.156. The van der Waals surface area contributed by atoms with Crippen LogP contribution in [-0.2, 0) is 11.3 Å². The number of ether oxygens (including phenoxy) is 1. The number of carbonyl (C=O) groups is 1. The highest BCUT2D eigenvalue weighted by molar-refractivity contribution is 5.74. The molecule has 0 radical (unpaired) electrons. The topological polar surface area (TPSA) is 59.4 Å². The van der Waals surface area contributed by atoms with Gasteiger partial charge in [-0.1, -0.05) is 19.3 Å². The lowest BCUT2D eigenvalue weighted by Crippen LogP contribution is -2.49. The molecule has 3 aliphatic rings. The van der Waals surface area contributed by atoms with E-state index < -0.39 is 0 Å². The number of hydrogen-bond donors (Lipinski definition) is 1. The van der Waals surface area contributed by atoms with Crippen LogP contribution in [0.15, 0.2) is 6.20 Å². The Morgan fingerprint density at radius 1 is 1.14 bits per heavy atom. The first-order valence-corrected chi connectivity index (χ1v) is 11.4. The number of imidazole rings is 1. The van der Waals surface area contributed by atoms with Crippen LogP contribution in [0.2, 0.25) is 0 Å². The molecule has 1 saturated carbocycles. The van der Waals surface area contributed by atoms with E-state index in [2.05, 4.69) is 21.7 Å². The molecule has 3 heterocycles. The average molecular weight is 389 g/mol. The number of amides is 2. The van der Waals surface area contributed by atoms with Gasteiger partial charge in [0.15, 0.2) is 0 Å². The average Bonchev–Trinajstić information content (AvgIpc) is 3.10. The highest BCUT2D eigenvalue weighted by atomic mass is 16.5. The summed E-state index contributed by atoms with van der Waals surface area (Å²) in [7, 11) is 0. The van der Waals surface area contributed by atoms with Gasteiger partial charge < -0.3 is 19.5 Å². The molecule has 0 aromatic carbocycles. The molecule has 1 aliphatic carbocycles. The van der Waals surface area contributed by atoms with Crippen molar-refractivity contribution >= 4 is 6.03 Å². The van der Waals surface area contributed by atoms with Crippen molar-refractivity contribution in [2.75, 3.05) is 26.3 Å². The van der Waals surface area contributed by atoms with Crippen LogP contribution in [0, 0.1) is 12.8 Å². The molecule has 3 fully saturated rings. The van der Waals surface area contributed by atoms with Crippen LogP contribution in [0.3, 0.4) is 0 Å². The Kier molecular flexibility index (Phi) is 6.55. The van der Waals surface area contributed by atoms with Crippen molar-refractivity contribution in [2.45, 2.75) is 83.2 Å². The zero-order chi connectivity index (χ0) is 19.3. The minimum Gasteiger partial charge on any atom is -0.381 e. The lowest BCUT2D eigenvalue weighted by molar-refractivity contribution is 0.0822. The summed E-state index contributed by atoms with van der Waals surface area (Å²) in [5, 5.41) is 3.30. The maximum Gasteiger partial charge on any atom is 0.317 e. The van der Waals surface area contributed by atoms with Gasteiger partial charge in [0.1, 0.15) is 5.82 Å². The summed E-state index contributed by atoms with van der Waals surface area (Å²) in [6.45, 7) is 6.58. The van der Waals surface area contributed by atoms with E-state index in [-0.39, 0.29) is 6.03 Å². The molecule has 1 unspecified atom stereocenters. The highest BCUT2D eigenvalue weighted by Crippen LogP contribution is 2.28. The first-order valence-electron chi connectivity index (χ1n) is 11.4. The standard InChI is InChI=1S/C22H36N4O2/c1-17-14-23-21(19-9-12-28-13-10-19)26(17)16-18-6-5-11-25(15-18)22(27)24-20-7-3-2-4-8-20/h14,18-20H,2-13,15-16H2,1H3,(H,24,27). The molecule has 156 valence electrons. The molecular weight excluding hydrogens is 352 g/mol. The Balaban J connectivity index is 1.36. The number of hydrogen-bond acceptors (Lipinski definition) is 3. The van der Waals surface area contributed by atoms with Crippen LogP contribution in [0.1, 0.15) is 75.2 Å². The third kappa shape index (κ3) is 4.70. The normalized spacial score (nSPS) is 25.0. The molecular formula is C22H36N4O2. The van der Waals surface area contributed by atoms with Gasteiger partial charge in [-0.25, -0.2) is 9.78 Å². The van der Waals surface area contributed by atoms with Crippen LogP contribution in [0.4, 0.5) is 4.79 Å². The van der Waals surface area contributed by atoms with Gasteiger partial charge in [0.2, 0.25) is 0 Å². The molecule has 1 atom stereocenters. The SMILES string of the molecule is Cc1cnc(C2CCOCC2)n1CC1CCCN(C(=O)NC2CCCCC2)C1. The number of carbonyl (C=O) groups excluding carboxylic acids is 1. The van der Waals surface area contributed by atoms with Crippen molar-refractivity contribution in [3.63, 3.8) is 0 Å². The van der Waals surface area contributed by atoms with Crippen molar-refractivity contribution in [1.29, 1.82) is 0 Å². The second-order valence-corrected chi connectivity index (χ2v) is 8.99. The van der Waals surface area contributed by atoms with Gasteiger partial charge in [-0.2, -0.15) is 0 Å². The van der Waals surface area contributed by atoms with Crippen molar-refractivity contribution < 1.29 is 9.53 Å². The first-order chi connectivity index (χ1) is 13.7. The number of aromatic nitrogens is 2. The Hall–Kier alpha value is -1.56. The summed E-state index contributed by atoms with van der Waals surface area (Å²) < 4.78 is 7.95. The quantitative estimate of drug-likeness (QED) is 0.852. The summed E-state index contributed by atoms with van der Waals surface area (Å²) in [5.74, 6) is 2.25. The third-order valence-corrected chi connectivity index (χ3v) is 6.85. The predicted octanol–water partition coefficient (Wildman–Crippen LogP) is 3.84. The number of nitrogens with one attached hydrogen (secondary N) is 1. The summed E-state index contributed by atoms with van der Waals surface area (Å²) in [6.07, 6.45) is 12.6. The fraction of sp³-hybridized carbons (Fsp3) is 0.818. The molecule has 1 N–H and O–H groups in total. The zero-order valence-electron chi connectivity index (χ0n) is 17.4. The van der Waals surface area contributed by atoms with Crippen molar-refractivity contribution in [1.82, 2.24) is 19.8 Å². The largest absolute Gasteiger partial charge is 0.381 e. The lowest BCUT2D eigenvalue weighted by atomic mass is 9.95. The van der Waals surface area contributed by atoms with Crippen LogP contribution < -0.4 is 5.32 Å². The molecule has 2 amide bonds. The number of urea groups is 1. The fourth-order valence-corrected chi connectivity index (χ4v) is 5.17. The van der Waals surface area contributed by atoms with E-state index in [0.717, 1.165) is 65.0 Å².